The van der Waals surface area contributed by atoms with E-state index < -0.39 is 0 Å². The molecule has 0 radical (unpaired) electrons. The third-order valence-electron chi connectivity index (χ3n) is 3.97. The lowest BCUT2D eigenvalue weighted by atomic mass is 10.0. The highest BCUT2D eigenvalue weighted by atomic mass is 19.1. The van der Waals surface area contributed by atoms with Crippen LogP contribution in [0.3, 0.4) is 0 Å². The van der Waals surface area contributed by atoms with Crippen LogP contribution < -0.4 is 5.32 Å². The van der Waals surface area contributed by atoms with E-state index in [0.29, 0.717) is 11.4 Å². The van der Waals surface area contributed by atoms with Gasteiger partial charge in [-0.2, -0.15) is 5.10 Å². The quantitative estimate of drug-likeness (QED) is 0.777. The Hall–Kier alpha value is -3.02. The van der Waals surface area contributed by atoms with Gasteiger partial charge in [0.15, 0.2) is 0 Å². The molecule has 6 heteroatoms. The number of halogens is 1. The minimum atomic E-state index is -0.291. The number of aromatic nitrogens is 3. The molecule has 1 amide bonds. The van der Waals surface area contributed by atoms with Crippen molar-refractivity contribution in [2.24, 2.45) is 0 Å². The molecule has 0 aliphatic carbocycles. The summed E-state index contributed by atoms with van der Waals surface area (Å²) in [6.07, 6.45) is 3.29. The van der Waals surface area contributed by atoms with Gasteiger partial charge in [-0.25, -0.2) is 4.39 Å². The number of amides is 1. The molecule has 26 heavy (non-hydrogen) atoms. The van der Waals surface area contributed by atoms with Gasteiger partial charge in [0.25, 0.3) is 5.91 Å². The monoisotopic (exact) mass is 352 g/mol. The summed E-state index contributed by atoms with van der Waals surface area (Å²) in [6, 6.07) is 11.6. The van der Waals surface area contributed by atoms with Gasteiger partial charge in [0, 0.05) is 18.0 Å². The number of hydrogen-bond donors (Lipinski definition) is 1. The highest BCUT2D eigenvalue weighted by Gasteiger charge is 2.21. The SMILES string of the molecule is CC(C)(C)n1nccc1C(=O)NCc1ncccc1-c1ccc(F)cc1. The van der Waals surface area contributed by atoms with Gasteiger partial charge in [-0.1, -0.05) is 18.2 Å². The zero-order valence-electron chi connectivity index (χ0n) is 15.0. The average molecular weight is 352 g/mol. The van der Waals surface area contributed by atoms with Crippen LogP contribution in [-0.4, -0.2) is 20.7 Å². The summed E-state index contributed by atoms with van der Waals surface area (Å²) >= 11 is 0. The van der Waals surface area contributed by atoms with E-state index in [1.807, 2.05) is 32.9 Å². The van der Waals surface area contributed by atoms with Crippen LogP contribution in [0.25, 0.3) is 11.1 Å². The van der Waals surface area contributed by atoms with Crippen molar-refractivity contribution in [3.8, 4) is 11.1 Å². The van der Waals surface area contributed by atoms with Crippen LogP contribution in [0.4, 0.5) is 4.39 Å². The molecule has 5 nitrogen and oxygen atoms in total. The smallest absolute Gasteiger partial charge is 0.269 e. The summed E-state index contributed by atoms with van der Waals surface area (Å²) in [7, 11) is 0. The number of carbonyl (C=O) groups is 1. The number of pyridine rings is 1. The van der Waals surface area contributed by atoms with Gasteiger partial charge in [-0.05, 0) is 50.6 Å². The first-order valence-corrected chi connectivity index (χ1v) is 8.39. The Bertz CT molecular complexity index is 910. The van der Waals surface area contributed by atoms with Crippen molar-refractivity contribution in [3.05, 3.63) is 72.1 Å². The standard InChI is InChI=1S/C20H21FN4O/c1-20(2,3)25-18(10-12-24-25)19(26)23-13-17-16(5-4-11-22-17)14-6-8-15(21)9-7-14/h4-12H,13H2,1-3H3,(H,23,26). The Kier molecular flexibility index (Phi) is 4.84. The molecular weight excluding hydrogens is 331 g/mol. The third-order valence-corrected chi connectivity index (χ3v) is 3.97. The first-order chi connectivity index (χ1) is 12.4. The Morgan fingerprint density at radius 1 is 1.12 bits per heavy atom. The molecule has 0 saturated heterocycles. The zero-order valence-corrected chi connectivity index (χ0v) is 15.0. The van der Waals surface area contributed by atoms with E-state index in [9.17, 15) is 9.18 Å². The number of hydrogen-bond acceptors (Lipinski definition) is 3. The maximum absolute atomic E-state index is 13.2. The number of nitrogens with one attached hydrogen (secondary N) is 1. The molecule has 0 atom stereocenters. The largest absolute Gasteiger partial charge is 0.345 e. The van der Waals surface area contributed by atoms with Crippen LogP contribution >= 0.6 is 0 Å². The lowest BCUT2D eigenvalue weighted by Crippen LogP contribution is -2.32. The molecule has 2 heterocycles. The first kappa shape index (κ1) is 17.8. The summed E-state index contributed by atoms with van der Waals surface area (Å²) in [5.74, 6) is -0.504. The summed E-state index contributed by atoms with van der Waals surface area (Å²) in [5, 5.41) is 7.14. The van der Waals surface area contributed by atoms with Crippen molar-refractivity contribution in [2.45, 2.75) is 32.9 Å². The van der Waals surface area contributed by atoms with E-state index >= 15 is 0 Å². The average Bonchev–Trinajstić information content (AvgIpc) is 3.11. The fourth-order valence-corrected chi connectivity index (χ4v) is 2.74. The maximum atomic E-state index is 13.2. The van der Waals surface area contributed by atoms with Gasteiger partial charge >= 0.3 is 0 Å². The summed E-state index contributed by atoms with van der Waals surface area (Å²) in [4.78, 5) is 17.0. The number of rotatable bonds is 4. The molecule has 0 aliphatic rings. The van der Waals surface area contributed by atoms with Gasteiger partial charge in [0.1, 0.15) is 11.5 Å². The second-order valence-electron chi connectivity index (χ2n) is 6.99. The van der Waals surface area contributed by atoms with Gasteiger partial charge in [-0.3, -0.25) is 14.5 Å². The molecule has 0 unspecified atom stereocenters. The van der Waals surface area contributed by atoms with E-state index in [1.165, 1.54) is 12.1 Å². The lowest BCUT2D eigenvalue weighted by Gasteiger charge is -2.22. The molecular formula is C20H21FN4O. The molecule has 1 aromatic carbocycles. The highest BCUT2D eigenvalue weighted by molar-refractivity contribution is 5.92. The minimum absolute atomic E-state index is 0.215. The molecule has 134 valence electrons. The van der Waals surface area contributed by atoms with Crippen LogP contribution in [-0.2, 0) is 12.1 Å². The Labute approximate surface area is 151 Å². The van der Waals surface area contributed by atoms with Crippen molar-refractivity contribution < 1.29 is 9.18 Å². The van der Waals surface area contributed by atoms with E-state index in [0.717, 1.165) is 11.1 Å². The molecule has 2 aromatic heterocycles. The van der Waals surface area contributed by atoms with Crippen LogP contribution in [0.2, 0.25) is 0 Å². The summed E-state index contributed by atoms with van der Waals surface area (Å²) in [6.45, 7) is 6.23. The van der Waals surface area contributed by atoms with Crippen molar-refractivity contribution in [1.29, 1.82) is 0 Å². The molecule has 0 spiro atoms. The van der Waals surface area contributed by atoms with Gasteiger partial charge in [0.05, 0.1) is 17.8 Å². The number of benzene rings is 1. The lowest BCUT2D eigenvalue weighted by molar-refractivity contribution is 0.0932. The van der Waals surface area contributed by atoms with Gasteiger partial charge in [0.2, 0.25) is 0 Å². The molecule has 1 N–H and O–H groups in total. The predicted molar refractivity (Wildman–Crippen MR) is 98.0 cm³/mol. The molecule has 3 rings (SSSR count). The van der Waals surface area contributed by atoms with Crippen LogP contribution in [0, 0.1) is 5.82 Å². The van der Waals surface area contributed by atoms with Crippen molar-refractivity contribution in [2.75, 3.05) is 0 Å². The predicted octanol–water partition coefficient (Wildman–Crippen LogP) is 3.77. The summed E-state index contributed by atoms with van der Waals surface area (Å²) < 4.78 is 14.9. The summed E-state index contributed by atoms with van der Waals surface area (Å²) in [5.41, 5.74) is 2.63. The fraction of sp³-hybridized carbons (Fsp3) is 0.250. The normalized spacial score (nSPS) is 11.4. The van der Waals surface area contributed by atoms with Crippen molar-refractivity contribution in [1.82, 2.24) is 20.1 Å². The topological polar surface area (TPSA) is 59.8 Å². The Morgan fingerprint density at radius 3 is 2.54 bits per heavy atom. The molecule has 0 fully saturated rings. The van der Waals surface area contributed by atoms with Gasteiger partial charge in [-0.15, -0.1) is 0 Å². The number of carbonyl (C=O) groups excluding carboxylic acids is 1. The fourth-order valence-electron chi connectivity index (χ4n) is 2.74. The Balaban J connectivity index is 1.80. The van der Waals surface area contributed by atoms with E-state index in [1.54, 1.807) is 35.3 Å². The van der Waals surface area contributed by atoms with E-state index in [4.69, 9.17) is 0 Å². The maximum Gasteiger partial charge on any atom is 0.269 e. The third kappa shape index (κ3) is 3.79. The molecule has 0 aliphatic heterocycles. The zero-order chi connectivity index (χ0) is 18.7. The molecule has 0 saturated carbocycles. The van der Waals surface area contributed by atoms with Crippen LogP contribution in [0.15, 0.2) is 54.9 Å². The van der Waals surface area contributed by atoms with Crippen LogP contribution in [0.5, 0.6) is 0 Å². The van der Waals surface area contributed by atoms with E-state index in [2.05, 4.69) is 15.4 Å². The molecule has 3 aromatic rings. The van der Waals surface area contributed by atoms with Gasteiger partial charge < -0.3 is 5.32 Å². The Morgan fingerprint density at radius 2 is 1.85 bits per heavy atom. The van der Waals surface area contributed by atoms with Crippen molar-refractivity contribution >= 4 is 5.91 Å². The van der Waals surface area contributed by atoms with E-state index in [-0.39, 0.29) is 23.8 Å². The first-order valence-electron chi connectivity index (χ1n) is 8.39. The number of nitrogens with zero attached hydrogens (tertiary/aromatic N) is 3. The molecule has 0 bridgehead atoms. The highest BCUT2D eigenvalue weighted by Crippen LogP contribution is 2.22. The van der Waals surface area contributed by atoms with Crippen molar-refractivity contribution in [3.63, 3.8) is 0 Å². The second kappa shape index (κ2) is 7.07. The second-order valence-corrected chi connectivity index (χ2v) is 6.99. The van der Waals surface area contributed by atoms with Crippen LogP contribution in [0.1, 0.15) is 37.0 Å². The minimum Gasteiger partial charge on any atom is -0.345 e.